The first-order valence-corrected chi connectivity index (χ1v) is 12.6. The number of fused-ring (bicyclic) bond motifs is 1. The Morgan fingerprint density at radius 3 is 2.06 bits per heavy atom. The maximum atomic E-state index is 13.3. The Hall–Kier alpha value is -2.76. The van der Waals surface area contributed by atoms with Gasteiger partial charge in [-0.15, -0.1) is 10.2 Å². The number of nitrogens with zero attached hydrogens (tertiary/aromatic N) is 4. The normalized spacial score (nSPS) is 11.7. The van der Waals surface area contributed by atoms with Crippen LogP contribution in [0.5, 0.6) is 0 Å². The predicted octanol–water partition coefficient (Wildman–Crippen LogP) is 7.84. The van der Waals surface area contributed by atoms with Gasteiger partial charge in [-0.2, -0.15) is 9.61 Å². The van der Waals surface area contributed by atoms with E-state index in [-0.39, 0.29) is 11.5 Å². The van der Waals surface area contributed by atoms with Gasteiger partial charge in [0, 0.05) is 27.1 Å². The van der Waals surface area contributed by atoms with E-state index in [1.165, 1.54) is 4.52 Å². The van der Waals surface area contributed by atoms with Crippen LogP contribution in [0.25, 0.3) is 27.9 Å². The first kappa shape index (κ1) is 25.9. The Morgan fingerprint density at radius 2 is 1.47 bits per heavy atom. The number of benzene rings is 2. The second-order valence-electron chi connectivity index (χ2n) is 7.97. The maximum Gasteiger partial charge on any atom is 0.296 e. The van der Waals surface area contributed by atoms with E-state index in [9.17, 15) is 4.79 Å². The topological polar surface area (TPSA) is 60.1 Å². The fraction of sp³-hybridized carbons (Fsp3) is 0.333. The monoisotopic (exact) mass is 496 g/mol. The van der Waals surface area contributed by atoms with Crippen molar-refractivity contribution in [3.05, 3.63) is 80.8 Å². The molecule has 0 amide bonds. The fourth-order valence-electron chi connectivity index (χ4n) is 3.85. The maximum absolute atomic E-state index is 13.3. The standard InChI is InChI=1S/C25H24Cl2N4O.C2H6/c1-3-4-5-6-16(2)23-25(32)31-24(30-29-23)22(18-9-13-20(27)14-10-18)21(15-28-31)17-7-11-19(26)12-8-17;1-2/h7-16H,3-6H2,1-2H3;1-2H3. The lowest BCUT2D eigenvalue weighted by molar-refractivity contribution is 0.571. The average molecular weight is 497 g/mol. The molecule has 2 aromatic carbocycles. The van der Waals surface area contributed by atoms with E-state index in [0.717, 1.165) is 47.9 Å². The highest BCUT2D eigenvalue weighted by atomic mass is 35.5. The van der Waals surface area contributed by atoms with Crippen LogP contribution in [0.15, 0.2) is 59.5 Å². The molecule has 1 atom stereocenters. The van der Waals surface area contributed by atoms with Gasteiger partial charge in [0.15, 0.2) is 5.65 Å². The largest absolute Gasteiger partial charge is 0.296 e. The lowest BCUT2D eigenvalue weighted by atomic mass is 9.97. The van der Waals surface area contributed by atoms with Crippen molar-refractivity contribution in [2.45, 2.75) is 59.3 Å². The van der Waals surface area contributed by atoms with Gasteiger partial charge in [0.25, 0.3) is 5.56 Å². The molecule has 0 radical (unpaired) electrons. The zero-order valence-corrected chi connectivity index (χ0v) is 21.6. The van der Waals surface area contributed by atoms with Crippen molar-refractivity contribution < 1.29 is 0 Å². The first-order valence-electron chi connectivity index (χ1n) is 11.8. The van der Waals surface area contributed by atoms with E-state index < -0.39 is 0 Å². The van der Waals surface area contributed by atoms with Crippen molar-refractivity contribution in [1.29, 1.82) is 0 Å². The van der Waals surface area contributed by atoms with Crippen molar-refractivity contribution in [3.8, 4) is 22.3 Å². The zero-order valence-electron chi connectivity index (χ0n) is 20.1. The summed E-state index contributed by atoms with van der Waals surface area (Å²) in [6.07, 6.45) is 5.93. The molecular weight excluding hydrogens is 467 g/mol. The third-order valence-electron chi connectivity index (χ3n) is 5.66. The van der Waals surface area contributed by atoms with Crippen molar-refractivity contribution in [3.63, 3.8) is 0 Å². The second-order valence-corrected chi connectivity index (χ2v) is 8.84. The smallest absolute Gasteiger partial charge is 0.265 e. The highest BCUT2D eigenvalue weighted by Gasteiger charge is 2.20. The van der Waals surface area contributed by atoms with Gasteiger partial charge in [0.05, 0.1) is 6.20 Å². The van der Waals surface area contributed by atoms with Crippen LogP contribution in [0.3, 0.4) is 0 Å². The molecule has 0 bridgehead atoms. The summed E-state index contributed by atoms with van der Waals surface area (Å²) in [4.78, 5) is 13.3. The predicted molar refractivity (Wildman–Crippen MR) is 142 cm³/mol. The van der Waals surface area contributed by atoms with Gasteiger partial charge >= 0.3 is 0 Å². The molecule has 178 valence electrons. The summed E-state index contributed by atoms with van der Waals surface area (Å²) in [5, 5.41) is 14.6. The van der Waals surface area contributed by atoms with Crippen LogP contribution in [0.2, 0.25) is 10.0 Å². The Morgan fingerprint density at radius 1 is 0.882 bits per heavy atom. The SMILES string of the molecule is CC.CCCCCC(C)c1nnc2c(-c3ccc(Cl)cc3)c(-c3ccc(Cl)cc3)cnn2c1=O. The summed E-state index contributed by atoms with van der Waals surface area (Å²) >= 11 is 12.2. The van der Waals surface area contributed by atoms with Crippen LogP contribution in [-0.4, -0.2) is 19.8 Å². The van der Waals surface area contributed by atoms with E-state index in [1.54, 1.807) is 6.20 Å². The number of halogens is 2. The molecule has 7 heteroatoms. The van der Waals surface area contributed by atoms with Gasteiger partial charge in [0.2, 0.25) is 0 Å². The number of hydrogen-bond donors (Lipinski definition) is 0. The zero-order chi connectivity index (χ0) is 24.7. The van der Waals surface area contributed by atoms with Crippen molar-refractivity contribution in [1.82, 2.24) is 19.8 Å². The molecule has 4 aromatic rings. The van der Waals surface area contributed by atoms with E-state index >= 15 is 0 Å². The Kier molecular flexibility index (Phi) is 9.20. The van der Waals surface area contributed by atoms with Crippen LogP contribution in [0, 0.1) is 0 Å². The Labute approximate surface area is 210 Å². The van der Waals surface area contributed by atoms with Gasteiger partial charge in [-0.25, -0.2) is 0 Å². The highest BCUT2D eigenvalue weighted by molar-refractivity contribution is 6.31. The lowest BCUT2D eigenvalue weighted by Crippen LogP contribution is -2.26. The second kappa shape index (κ2) is 12.1. The van der Waals surface area contributed by atoms with Gasteiger partial charge in [-0.05, 0) is 41.8 Å². The van der Waals surface area contributed by atoms with E-state index in [4.69, 9.17) is 23.2 Å². The van der Waals surface area contributed by atoms with Gasteiger partial charge < -0.3 is 0 Å². The van der Waals surface area contributed by atoms with Gasteiger partial charge in [0.1, 0.15) is 5.69 Å². The van der Waals surface area contributed by atoms with Crippen molar-refractivity contribution in [2.75, 3.05) is 0 Å². The number of hydrogen-bond acceptors (Lipinski definition) is 4. The number of rotatable bonds is 7. The molecule has 0 saturated carbocycles. The van der Waals surface area contributed by atoms with Crippen LogP contribution < -0.4 is 5.56 Å². The summed E-state index contributed by atoms with van der Waals surface area (Å²) < 4.78 is 1.36. The minimum atomic E-state index is -0.225. The molecule has 0 aliphatic heterocycles. The summed E-state index contributed by atoms with van der Waals surface area (Å²) in [5.41, 5.74) is 4.03. The summed E-state index contributed by atoms with van der Waals surface area (Å²) in [5.74, 6) is 0.0233. The highest BCUT2D eigenvalue weighted by Crippen LogP contribution is 2.35. The fourth-order valence-corrected chi connectivity index (χ4v) is 4.10. The third kappa shape index (κ3) is 5.65. The molecule has 1 unspecified atom stereocenters. The molecule has 34 heavy (non-hydrogen) atoms. The van der Waals surface area contributed by atoms with Crippen molar-refractivity contribution in [2.24, 2.45) is 0 Å². The van der Waals surface area contributed by atoms with Gasteiger partial charge in [-0.1, -0.05) is 94.4 Å². The third-order valence-corrected chi connectivity index (χ3v) is 6.16. The number of unbranched alkanes of at least 4 members (excludes halogenated alkanes) is 2. The molecule has 0 saturated heterocycles. The minimum Gasteiger partial charge on any atom is -0.265 e. The van der Waals surface area contributed by atoms with Crippen LogP contribution >= 0.6 is 23.2 Å². The van der Waals surface area contributed by atoms with E-state index in [1.807, 2.05) is 69.3 Å². The molecule has 5 nitrogen and oxygen atoms in total. The number of aromatic nitrogens is 4. The molecule has 0 spiro atoms. The van der Waals surface area contributed by atoms with Crippen LogP contribution in [-0.2, 0) is 0 Å². The summed E-state index contributed by atoms with van der Waals surface area (Å²) in [6, 6.07) is 14.9. The van der Waals surface area contributed by atoms with Crippen LogP contribution in [0.4, 0.5) is 0 Å². The molecule has 0 fully saturated rings. The summed E-state index contributed by atoms with van der Waals surface area (Å²) in [6.45, 7) is 8.19. The Balaban J connectivity index is 0.00000158. The first-order chi connectivity index (χ1) is 16.5. The molecule has 0 N–H and O–H groups in total. The molecule has 0 aliphatic carbocycles. The van der Waals surface area contributed by atoms with Crippen LogP contribution in [0.1, 0.15) is 65.0 Å². The molecule has 0 aliphatic rings. The van der Waals surface area contributed by atoms with Crippen molar-refractivity contribution >= 4 is 28.8 Å². The molecular formula is C27H30Cl2N4O. The lowest BCUT2D eigenvalue weighted by Gasteiger charge is -2.15. The van der Waals surface area contributed by atoms with E-state index in [0.29, 0.717) is 21.4 Å². The quantitative estimate of drug-likeness (QED) is 0.244. The molecule has 4 rings (SSSR count). The molecule has 2 aromatic heterocycles. The average Bonchev–Trinajstić information content (AvgIpc) is 2.86. The Bertz CT molecular complexity index is 1290. The van der Waals surface area contributed by atoms with Gasteiger partial charge in [-0.3, -0.25) is 4.79 Å². The summed E-state index contributed by atoms with van der Waals surface area (Å²) in [7, 11) is 0. The minimum absolute atomic E-state index is 0.0233. The van der Waals surface area contributed by atoms with E-state index in [2.05, 4.69) is 22.2 Å². The molecule has 2 heterocycles.